The molecular weight excluding hydrogens is 551 g/mol. The quantitative estimate of drug-likeness (QED) is 0.255. The van der Waals surface area contributed by atoms with Gasteiger partial charge >= 0.3 is 0 Å². The molecule has 35 heavy (non-hydrogen) atoms. The Kier molecular flexibility index (Phi) is 4.32. The molecule has 1 fully saturated rings. The van der Waals surface area contributed by atoms with Crippen LogP contribution in [-0.4, -0.2) is 28.1 Å². The summed E-state index contributed by atoms with van der Waals surface area (Å²) in [6.07, 6.45) is 0.736. The lowest BCUT2D eigenvalue weighted by Crippen LogP contribution is -2.54. The van der Waals surface area contributed by atoms with Gasteiger partial charge < -0.3 is 24.5 Å². The first kappa shape index (κ1) is 21.6. The Morgan fingerprint density at radius 3 is 2.46 bits per heavy atom. The van der Waals surface area contributed by atoms with E-state index in [0.29, 0.717) is 12.6 Å². The van der Waals surface area contributed by atoms with Crippen LogP contribution in [0.25, 0.3) is 43.6 Å². The van der Waals surface area contributed by atoms with Gasteiger partial charge in [0.1, 0.15) is 12.0 Å². The van der Waals surface area contributed by atoms with Gasteiger partial charge in [0, 0.05) is 46.5 Å². The number of fused-ring (bicyclic) bond motifs is 13. The molecule has 6 nitrogen and oxygen atoms in total. The van der Waals surface area contributed by atoms with Gasteiger partial charge in [0.25, 0.3) is 5.91 Å². The second kappa shape index (κ2) is 6.99. The fourth-order valence-corrected chi connectivity index (χ4v) is 7.25. The second-order valence-corrected chi connectivity index (χ2v) is 10.3. The number of carbonyl (C=O) groups excluding carboxylic acids is 1. The summed E-state index contributed by atoms with van der Waals surface area (Å²) < 4.78 is 12.0. The lowest BCUT2D eigenvalue weighted by Gasteiger charge is -2.48. The van der Waals surface area contributed by atoms with Crippen molar-refractivity contribution in [2.75, 3.05) is 7.05 Å². The summed E-state index contributed by atoms with van der Waals surface area (Å²) in [7, 11) is 2.06. The molecule has 1 saturated heterocycles. The van der Waals surface area contributed by atoms with Gasteiger partial charge in [-0.1, -0.05) is 43.3 Å². The monoisotopic (exact) mass is 578 g/mol. The molecule has 0 unspecified atom stereocenters. The number of nitrogens with zero attached hydrogens (tertiary/aromatic N) is 2. The zero-order valence-corrected chi connectivity index (χ0v) is 22.2. The van der Waals surface area contributed by atoms with Crippen LogP contribution in [0, 0.1) is 5.92 Å². The highest BCUT2D eigenvalue weighted by Gasteiger charge is 2.50. The minimum atomic E-state index is -0.546. The number of ether oxygens (including phenoxy) is 1. The number of amides is 1. The van der Waals surface area contributed by atoms with Crippen molar-refractivity contribution in [1.29, 1.82) is 0 Å². The molecule has 8 rings (SSSR count). The molecule has 3 aromatic carbocycles. The molecule has 178 valence electrons. The van der Waals surface area contributed by atoms with Gasteiger partial charge in [0.05, 0.1) is 27.6 Å². The Hall–Kier alpha value is -2.62. The number of carbonyl (C=O) groups is 1. The average Bonchev–Trinajstić information content (AvgIpc) is 3.48. The van der Waals surface area contributed by atoms with Gasteiger partial charge in [-0.3, -0.25) is 4.79 Å². The molecule has 2 bridgehead atoms. The van der Waals surface area contributed by atoms with Crippen molar-refractivity contribution in [3.05, 3.63) is 59.7 Å². The van der Waals surface area contributed by atoms with E-state index in [0.717, 1.165) is 44.9 Å². The Balaban J connectivity index is 0.00000210. The normalized spacial score (nSPS) is 26.9. The van der Waals surface area contributed by atoms with Crippen molar-refractivity contribution in [3.8, 4) is 0 Å². The first-order chi connectivity index (χ1) is 16.5. The van der Waals surface area contributed by atoms with Gasteiger partial charge in [-0.25, -0.2) is 0 Å². The minimum absolute atomic E-state index is 0. The Labute approximate surface area is 219 Å². The molecule has 3 aliphatic heterocycles. The van der Waals surface area contributed by atoms with Gasteiger partial charge in [-0.15, -0.1) is 24.0 Å². The van der Waals surface area contributed by atoms with Crippen LogP contribution in [0.1, 0.15) is 42.4 Å². The number of rotatable bonds is 1. The van der Waals surface area contributed by atoms with Crippen molar-refractivity contribution in [3.63, 3.8) is 0 Å². The predicted molar refractivity (Wildman–Crippen MR) is 149 cm³/mol. The third-order valence-electron chi connectivity index (χ3n) is 8.90. The lowest BCUT2D eigenvalue weighted by molar-refractivity contribution is -0.224. The molecular formula is C28H27IN4O2. The van der Waals surface area contributed by atoms with Gasteiger partial charge in [-0.05, 0) is 31.7 Å². The molecule has 5 heterocycles. The summed E-state index contributed by atoms with van der Waals surface area (Å²) in [5.74, 6) is 0.268. The van der Waals surface area contributed by atoms with Crippen molar-refractivity contribution in [1.82, 2.24) is 19.8 Å². The van der Waals surface area contributed by atoms with Crippen LogP contribution in [-0.2, 0) is 17.0 Å². The van der Waals surface area contributed by atoms with Crippen molar-refractivity contribution in [2.45, 2.75) is 44.8 Å². The number of halogens is 1. The van der Waals surface area contributed by atoms with E-state index in [9.17, 15) is 4.79 Å². The molecule has 5 aromatic rings. The molecule has 0 radical (unpaired) electrons. The largest absolute Gasteiger partial charge is 0.348 e. The number of nitrogens with one attached hydrogen (secondary N) is 2. The van der Waals surface area contributed by atoms with E-state index in [-0.39, 0.29) is 42.0 Å². The van der Waals surface area contributed by atoms with E-state index in [1.807, 2.05) is 0 Å². The summed E-state index contributed by atoms with van der Waals surface area (Å²) in [4.78, 5) is 13.3. The van der Waals surface area contributed by atoms with Crippen LogP contribution in [0.5, 0.6) is 0 Å². The van der Waals surface area contributed by atoms with Crippen LogP contribution in [0.2, 0.25) is 0 Å². The zero-order valence-electron chi connectivity index (χ0n) is 19.9. The van der Waals surface area contributed by atoms with E-state index in [1.54, 1.807) is 0 Å². The Bertz CT molecular complexity index is 1730. The van der Waals surface area contributed by atoms with Crippen LogP contribution in [0.15, 0.2) is 48.5 Å². The highest BCUT2D eigenvalue weighted by atomic mass is 127. The maximum Gasteiger partial charge on any atom is 0.252 e. The van der Waals surface area contributed by atoms with E-state index < -0.39 is 5.72 Å². The van der Waals surface area contributed by atoms with Crippen LogP contribution in [0.3, 0.4) is 0 Å². The summed E-state index contributed by atoms with van der Waals surface area (Å²) in [6.45, 7) is 5.10. The highest BCUT2D eigenvalue weighted by Crippen LogP contribution is 2.54. The topological polar surface area (TPSA) is 60.2 Å². The number of para-hydroxylation sites is 2. The van der Waals surface area contributed by atoms with E-state index in [1.165, 1.54) is 16.3 Å². The molecule has 3 aliphatic rings. The molecule has 1 amide bonds. The lowest BCUT2D eigenvalue weighted by atomic mass is 9.85. The van der Waals surface area contributed by atoms with Crippen LogP contribution >= 0.6 is 24.0 Å². The van der Waals surface area contributed by atoms with Crippen molar-refractivity contribution < 1.29 is 9.53 Å². The van der Waals surface area contributed by atoms with E-state index in [4.69, 9.17) is 4.74 Å². The number of aromatic nitrogens is 2. The van der Waals surface area contributed by atoms with Gasteiger partial charge in [-0.2, -0.15) is 0 Å². The molecule has 4 atom stereocenters. The molecule has 0 aliphatic carbocycles. The highest BCUT2D eigenvalue weighted by molar-refractivity contribution is 14.0. The van der Waals surface area contributed by atoms with Gasteiger partial charge in [0.2, 0.25) is 0 Å². The first-order valence-electron chi connectivity index (χ1n) is 12.2. The predicted octanol–water partition coefficient (Wildman–Crippen LogP) is 5.59. The van der Waals surface area contributed by atoms with Crippen molar-refractivity contribution >= 4 is 73.5 Å². The fourth-order valence-electron chi connectivity index (χ4n) is 7.25. The second-order valence-electron chi connectivity index (χ2n) is 10.3. The summed E-state index contributed by atoms with van der Waals surface area (Å²) in [5.41, 5.74) is 6.01. The summed E-state index contributed by atoms with van der Waals surface area (Å²) in [5, 5.41) is 11.3. The molecule has 2 N–H and O–H groups in total. The van der Waals surface area contributed by atoms with Gasteiger partial charge in [0.15, 0.2) is 0 Å². The maximum absolute atomic E-state index is 13.3. The Morgan fingerprint density at radius 2 is 1.71 bits per heavy atom. The average molecular weight is 578 g/mol. The molecule has 2 aromatic heterocycles. The van der Waals surface area contributed by atoms with Crippen molar-refractivity contribution in [2.24, 2.45) is 5.92 Å². The van der Waals surface area contributed by atoms with Crippen LogP contribution in [0.4, 0.5) is 0 Å². The number of hydrogen-bond acceptors (Lipinski definition) is 3. The summed E-state index contributed by atoms with van der Waals surface area (Å²) >= 11 is 0. The molecule has 7 heteroatoms. The molecule has 0 spiro atoms. The Morgan fingerprint density at radius 1 is 1.03 bits per heavy atom. The molecule has 0 saturated carbocycles. The smallest absolute Gasteiger partial charge is 0.252 e. The SMILES string of the molecule is CN[C@H]1C[C@@H]2O[C@@](C)([C@H]1C)n1c3ccccc3c3c4c(c5c6ccccc6n2c5c31)C(=O)NC4.I. The third kappa shape index (κ3) is 2.35. The van der Waals surface area contributed by atoms with E-state index >= 15 is 0 Å². The zero-order chi connectivity index (χ0) is 22.9. The van der Waals surface area contributed by atoms with E-state index in [2.05, 4.69) is 89.2 Å². The number of hydrogen-bond donors (Lipinski definition) is 2. The standard InChI is InChI=1S/C28H26N4O2.HI/c1-14-18(29-3)12-21-31-19-10-6-4-8-15(19)23-24-17(13-30-27(24)33)22-16-9-5-7-11-20(16)32(26(22)25(23)31)28(14,2)34-21;/h4-11,14,18,21,29H,12-13H2,1-3H3,(H,30,33);1H/t14-,18-,21-,28-;/m0./s1. The minimum Gasteiger partial charge on any atom is -0.348 e. The third-order valence-corrected chi connectivity index (χ3v) is 8.90. The maximum atomic E-state index is 13.3. The number of benzene rings is 3. The van der Waals surface area contributed by atoms with Crippen LogP contribution < -0.4 is 10.6 Å². The summed E-state index contributed by atoms with van der Waals surface area (Å²) in [6, 6.07) is 17.4. The fraction of sp³-hybridized carbons (Fsp3) is 0.321. The first-order valence-corrected chi connectivity index (χ1v) is 12.2.